The van der Waals surface area contributed by atoms with Crippen molar-refractivity contribution >= 4 is 0 Å². The highest BCUT2D eigenvalue weighted by atomic mass is 16.5. The fourth-order valence-corrected chi connectivity index (χ4v) is 5.25. The maximum Gasteiger partial charge on any atom is 0.161 e. The first-order valence-electron chi connectivity index (χ1n) is 9.42. The van der Waals surface area contributed by atoms with Gasteiger partial charge in [0.2, 0.25) is 0 Å². The Morgan fingerprint density at radius 3 is 2.54 bits per heavy atom. The highest BCUT2D eigenvalue weighted by Crippen LogP contribution is 2.51. The summed E-state index contributed by atoms with van der Waals surface area (Å²) in [6.07, 6.45) is 8.83. The number of benzene rings is 1. The van der Waals surface area contributed by atoms with Crippen LogP contribution in [0.15, 0.2) is 18.2 Å². The van der Waals surface area contributed by atoms with E-state index >= 15 is 0 Å². The number of likely N-dealkylation sites (tertiary alicyclic amines) is 1. The SMILES string of the molecule is COc1ccc(C23CCC(N)C[C@@H]2N(C2CCC2)CC3)cc1OC. The van der Waals surface area contributed by atoms with E-state index in [0.717, 1.165) is 30.4 Å². The standard InChI is InChI=1S/C20H30N2O2/c1-23-17-7-6-14(12-18(17)24-2)20-9-8-15(21)13-19(20)22(11-10-20)16-4-3-5-16/h6-7,12,15-16,19H,3-5,8-11,13,21H2,1-2H3/t15?,19-,20?/m0/s1. The van der Waals surface area contributed by atoms with Crippen LogP contribution in [0.1, 0.15) is 50.5 Å². The maximum absolute atomic E-state index is 6.38. The minimum absolute atomic E-state index is 0.241. The van der Waals surface area contributed by atoms with Crippen LogP contribution in [-0.2, 0) is 5.41 Å². The highest BCUT2D eigenvalue weighted by Gasteiger charge is 2.53. The van der Waals surface area contributed by atoms with Gasteiger partial charge >= 0.3 is 0 Å². The van der Waals surface area contributed by atoms with Gasteiger partial charge in [0, 0.05) is 23.5 Å². The molecule has 4 rings (SSSR count). The average Bonchev–Trinajstić information content (AvgIpc) is 2.92. The van der Waals surface area contributed by atoms with Crippen LogP contribution in [0, 0.1) is 0 Å². The fraction of sp³-hybridized carbons (Fsp3) is 0.700. The maximum atomic E-state index is 6.38. The Morgan fingerprint density at radius 2 is 1.88 bits per heavy atom. The normalized spacial score (nSPS) is 33.8. The lowest BCUT2D eigenvalue weighted by Gasteiger charge is -2.48. The van der Waals surface area contributed by atoms with E-state index < -0.39 is 0 Å². The molecule has 1 aromatic rings. The number of rotatable bonds is 4. The van der Waals surface area contributed by atoms with Crippen molar-refractivity contribution in [3.05, 3.63) is 23.8 Å². The second kappa shape index (κ2) is 6.23. The number of methoxy groups -OCH3 is 2. The van der Waals surface area contributed by atoms with Gasteiger partial charge in [0.25, 0.3) is 0 Å². The lowest BCUT2D eigenvalue weighted by atomic mass is 9.65. The first-order valence-corrected chi connectivity index (χ1v) is 9.42. The first kappa shape index (κ1) is 16.2. The summed E-state index contributed by atoms with van der Waals surface area (Å²) in [5.41, 5.74) is 8.04. The van der Waals surface area contributed by atoms with E-state index in [0.29, 0.717) is 12.1 Å². The molecule has 3 fully saturated rings. The van der Waals surface area contributed by atoms with Gasteiger partial charge in [-0.1, -0.05) is 12.5 Å². The molecule has 2 saturated carbocycles. The Kier molecular flexibility index (Phi) is 4.21. The first-order chi connectivity index (χ1) is 11.7. The second-order valence-electron chi connectivity index (χ2n) is 7.85. The molecule has 3 atom stereocenters. The predicted molar refractivity (Wildman–Crippen MR) is 95.8 cm³/mol. The molecule has 1 saturated heterocycles. The van der Waals surface area contributed by atoms with Gasteiger partial charge in [0.05, 0.1) is 14.2 Å². The Hall–Kier alpha value is -1.26. The van der Waals surface area contributed by atoms with Gasteiger partial charge in [-0.15, -0.1) is 0 Å². The summed E-state index contributed by atoms with van der Waals surface area (Å²) < 4.78 is 11.0. The van der Waals surface area contributed by atoms with Crippen LogP contribution in [-0.4, -0.2) is 43.8 Å². The molecule has 3 aliphatic rings. The third kappa shape index (κ3) is 2.42. The monoisotopic (exact) mass is 330 g/mol. The molecule has 0 bridgehead atoms. The van der Waals surface area contributed by atoms with Crippen LogP contribution in [0.4, 0.5) is 0 Å². The third-order valence-corrected chi connectivity index (χ3v) is 6.84. The molecular weight excluding hydrogens is 300 g/mol. The summed E-state index contributed by atoms with van der Waals surface area (Å²) in [4.78, 5) is 2.79. The Balaban J connectivity index is 1.71. The van der Waals surface area contributed by atoms with Crippen molar-refractivity contribution in [2.45, 2.75) is 68.5 Å². The molecule has 24 heavy (non-hydrogen) atoms. The number of nitrogens with two attached hydrogens (primary N) is 1. The number of nitrogens with zero attached hydrogens (tertiary/aromatic N) is 1. The molecule has 4 heteroatoms. The zero-order chi connectivity index (χ0) is 16.7. The molecule has 0 aromatic heterocycles. The van der Waals surface area contributed by atoms with Gasteiger partial charge in [-0.2, -0.15) is 0 Å². The molecule has 2 N–H and O–H groups in total. The van der Waals surface area contributed by atoms with Crippen molar-refractivity contribution < 1.29 is 9.47 Å². The third-order valence-electron chi connectivity index (χ3n) is 6.84. The van der Waals surface area contributed by atoms with Gasteiger partial charge in [-0.05, 0) is 62.8 Å². The number of ether oxygens (including phenoxy) is 2. The Bertz CT molecular complexity index is 601. The predicted octanol–water partition coefficient (Wildman–Crippen LogP) is 3.08. The zero-order valence-electron chi connectivity index (χ0n) is 15.0. The summed E-state index contributed by atoms with van der Waals surface area (Å²) in [6.45, 7) is 1.22. The highest BCUT2D eigenvalue weighted by molar-refractivity contribution is 5.46. The van der Waals surface area contributed by atoms with Crippen molar-refractivity contribution in [3.63, 3.8) is 0 Å². The molecular formula is C20H30N2O2. The van der Waals surface area contributed by atoms with Crippen LogP contribution < -0.4 is 15.2 Å². The molecule has 132 valence electrons. The average molecular weight is 330 g/mol. The second-order valence-corrected chi connectivity index (χ2v) is 7.85. The fourth-order valence-electron chi connectivity index (χ4n) is 5.25. The molecule has 1 aromatic carbocycles. The van der Waals surface area contributed by atoms with Crippen LogP contribution in [0.25, 0.3) is 0 Å². The summed E-state index contributed by atoms with van der Waals surface area (Å²) in [5.74, 6) is 1.66. The molecule has 1 aliphatic heterocycles. The van der Waals surface area contributed by atoms with Gasteiger partial charge in [-0.25, -0.2) is 0 Å². The van der Waals surface area contributed by atoms with E-state index in [-0.39, 0.29) is 5.41 Å². The minimum atomic E-state index is 0.241. The summed E-state index contributed by atoms with van der Waals surface area (Å²) in [7, 11) is 3.43. The lowest BCUT2D eigenvalue weighted by Crippen LogP contribution is -2.54. The van der Waals surface area contributed by atoms with Gasteiger partial charge < -0.3 is 15.2 Å². The summed E-state index contributed by atoms with van der Waals surface area (Å²) in [5, 5.41) is 0. The van der Waals surface area contributed by atoms with Gasteiger partial charge in [0.1, 0.15) is 0 Å². The van der Waals surface area contributed by atoms with Gasteiger partial charge in [0.15, 0.2) is 11.5 Å². The summed E-state index contributed by atoms with van der Waals surface area (Å²) in [6, 6.07) is 8.28. The largest absolute Gasteiger partial charge is 0.493 e. The van der Waals surface area contributed by atoms with Crippen LogP contribution in [0.3, 0.4) is 0 Å². The van der Waals surface area contributed by atoms with Crippen LogP contribution in [0.2, 0.25) is 0 Å². The number of hydrogen-bond acceptors (Lipinski definition) is 4. The number of hydrogen-bond donors (Lipinski definition) is 1. The van der Waals surface area contributed by atoms with Gasteiger partial charge in [-0.3, -0.25) is 4.90 Å². The molecule has 4 nitrogen and oxygen atoms in total. The van der Waals surface area contributed by atoms with E-state index in [1.165, 1.54) is 44.2 Å². The zero-order valence-corrected chi connectivity index (χ0v) is 15.0. The van der Waals surface area contributed by atoms with Crippen LogP contribution in [0.5, 0.6) is 11.5 Å². The molecule has 2 aliphatic carbocycles. The van der Waals surface area contributed by atoms with E-state index in [4.69, 9.17) is 15.2 Å². The van der Waals surface area contributed by atoms with Crippen molar-refractivity contribution in [3.8, 4) is 11.5 Å². The lowest BCUT2D eigenvalue weighted by molar-refractivity contribution is 0.0678. The number of fused-ring (bicyclic) bond motifs is 1. The van der Waals surface area contributed by atoms with E-state index in [1.54, 1.807) is 14.2 Å². The van der Waals surface area contributed by atoms with Crippen molar-refractivity contribution in [1.29, 1.82) is 0 Å². The smallest absolute Gasteiger partial charge is 0.161 e. The molecule has 1 heterocycles. The summed E-state index contributed by atoms with van der Waals surface area (Å²) >= 11 is 0. The van der Waals surface area contributed by atoms with E-state index in [1.807, 2.05) is 0 Å². The quantitative estimate of drug-likeness (QED) is 0.922. The Labute approximate surface area is 145 Å². The minimum Gasteiger partial charge on any atom is -0.493 e. The van der Waals surface area contributed by atoms with Crippen molar-refractivity contribution in [1.82, 2.24) is 4.90 Å². The van der Waals surface area contributed by atoms with Crippen molar-refractivity contribution in [2.24, 2.45) is 5.73 Å². The Morgan fingerprint density at radius 1 is 1.08 bits per heavy atom. The molecule has 0 spiro atoms. The van der Waals surface area contributed by atoms with Crippen molar-refractivity contribution in [2.75, 3.05) is 20.8 Å². The molecule has 0 amide bonds. The van der Waals surface area contributed by atoms with Crippen LogP contribution >= 0.6 is 0 Å². The molecule has 0 radical (unpaired) electrons. The topological polar surface area (TPSA) is 47.7 Å². The van der Waals surface area contributed by atoms with E-state index in [2.05, 4.69) is 23.1 Å². The van der Waals surface area contributed by atoms with E-state index in [9.17, 15) is 0 Å². The molecule has 2 unspecified atom stereocenters.